The number of ether oxygens (including phenoxy) is 2. The van der Waals surface area contributed by atoms with Crippen LogP contribution in [0.2, 0.25) is 0 Å². The number of rotatable bonds is 5. The first kappa shape index (κ1) is 19.2. The molecule has 158 valence electrons. The summed E-state index contributed by atoms with van der Waals surface area (Å²) in [6, 6.07) is 14.9. The Hall–Kier alpha value is -3.81. The molecule has 1 N–H and O–H groups in total. The second-order valence-corrected chi connectivity index (χ2v) is 7.45. The van der Waals surface area contributed by atoms with Crippen molar-refractivity contribution in [3.63, 3.8) is 0 Å². The summed E-state index contributed by atoms with van der Waals surface area (Å²) in [6.45, 7) is 0.646. The van der Waals surface area contributed by atoms with Crippen molar-refractivity contribution >= 4 is 16.8 Å². The number of nitrogens with one attached hydrogen (secondary N) is 1. The van der Waals surface area contributed by atoms with E-state index >= 15 is 0 Å². The van der Waals surface area contributed by atoms with E-state index in [1.54, 1.807) is 31.3 Å². The lowest BCUT2D eigenvalue weighted by molar-refractivity contribution is 0.0705. The highest BCUT2D eigenvalue weighted by molar-refractivity contribution is 5.98. The third-order valence-electron chi connectivity index (χ3n) is 5.64. The fraction of sp³-hybridized carbons (Fsp3) is 0.261. The van der Waals surface area contributed by atoms with Gasteiger partial charge in [0.1, 0.15) is 11.7 Å². The fourth-order valence-electron chi connectivity index (χ4n) is 4.07. The highest BCUT2D eigenvalue weighted by atomic mass is 16.5. The lowest BCUT2D eigenvalue weighted by Crippen LogP contribution is -2.31. The van der Waals surface area contributed by atoms with Crippen LogP contribution in [-0.4, -0.2) is 46.7 Å². The number of hydrogen-bond donors (Lipinski definition) is 1. The van der Waals surface area contributed by atoms with Gasteiger partial charge in [0.05, 0.1) is 14.2 Å². The van der Waals surface area contributed by atoms with Crippen LogP contribution in [0.5, 0.6) is 11.5 Å². The number of H-pyrrole nitrogens is 1. The Bertz CT molecular complexity index is 1210. The minimum absolute atomic E-state index is 0.0652. The molecule has 0 radical (unpaired) electrons. The molecule has 2 aromatic heterocycles. The molecule has 31 heavy (non-hydrogen) atoms. The Morgan fingerprint density at radius 3 is 2.77 bits per heavy atom. The quantitative estimate of drug-likeness (QED) is 0.522. The third-order valence-corrected chi connectivity index (χ3v) is 5.64. The van der Waals surface area contributed by atoms with Crippen LogP contribution < -0.4 is 9.47 Å². The maximum Gasteiger partial charge on any atom is 0.270 e. The number of hydrogen-bond acceptors (Lipinski definition) is 6. The van der Waals surface area contributed by atoms with E-state index in [9.17, 15) is 4.79 Å². The maximum atomic E-state index is 13.2. The summed E-state index contributed by atoms with van der Waals surface area (Å²) in [5.74, 6) is 2.03. The van der Waals surface area contributed by atoms with Crippen LogP contribution >= 0.6 is 0 Å². The highest BCUT2D eigenvalue weighted by Gasteiger charge is 2.35. The molecular weight excluding hydrogens is 396 g/mol. The predicted molar refractivity (Wildman–Crippen MR) is 114 cm³/mol. The molecule has 3 heterocycles. The zero-order valence-corrected chi connectivity index (χ0v) is 17.3. The molecule has 1 atom stereocenters. The largest absolute Gasteiger partial charge is 0.493 e. The number of carbonyl (C=O) groups excluding carboxylic acids is 1. The summed E-state index contributed by atoms with van der Waals surface area (Å²) in [5, 5.41) is 5.14. The molecule has 4 aromatic rings. The minimum atomic E-state index is -0.250. The molecule has 0 saturated carbocycles. The van der Waals surface area contributed by atoms with Crippen LogP contribution in [0.25, 0.3) is 22.3 Å². The summed E-state index contributed by atoms with van der Waals surface area (Å²) in [4.78, 5) is 22.8. The van der Waals surface area contributed by atoms with Gasteiger partial charge in [0.2, 0.25) is 11.7 Å². The van der Waals surface area contributed by atoms with Crippen LogP contribution in [-0.2, 0) is 0 Å². The zero-order chi connectivity index (χ0) is 21.4. The minimum Gasteiger partial charge on any atom is -0.493 e. The number of aromatic nitrogens is 3. The van der Waals surface area contributed by atoms with Crippen molar-refractivity contribution < 1.29 is 18.8 Å². The van der Waals surface area contributed by atoms with Gasteiger partial charge < -0.3 is 23.9 Å². The van der Waals surface area contributed by atoms with Gasteiger partial charge in [-0.2, -0.15) is 4.98 Å². The van der Waals surface area contributed by atoms with E-state index in [-0.39, 0.29) is 11.9 Å². The lowest BCUT2D eigenvalue weighted by Gasteiger charge is -2.21. The predicted octanol–water partition coefficient (Wildman–Crippen LogP) is 4.21. The molecule has 8 heteroatoms. The lowest BCUT2D eigenvalue weighted by atomic mass is 10.2. The summed E-state index contributed by atoms with van der Waals surface area (Å²) < 4.78 is 16.2. The first-order chi connectivity index (χ1) is 15.2. The van der Waals surface area contributed by atoms with Crippen molar-refractivity contribution in [1.29, 1.82) is 0 Å². The first-order valence-electron chi connectivity index (χ1n) is 10.1. The topological polar surface area (TPSA) is 93.5 Å². The summed E-state index contributed by atoms with van der Waals surface area (Å²) in [7, 11) is 3.16. The van der Waals surface area contributed by atoms with Crippen molar-refractivity contribution in [2.24, 2.45) is 0 Å². The fourth-order valence-corrected chi connectivity index (χ4v) is 4.07. The molecule has 1 fully saturated rings. The Morgan fingerprint density at radius 2 is 1.97 bits per heavy atom. The van der Waals surface area contributed by atoms with Gasteiger partial charge in [0.25, 0.3) is 5.91 Å². The van der Waals surface area contributed by atoms with Gasteiger partial charge >= 0.3 is 0 Å². The van der Waals surface area contributed by atoms with Crippen molar-refractivity contribution in [2.75, 3.05) is 20.8 Å². The van der Waals surface area contributed by atoms with Gasteiger partial charge in [-0.3, -0.25) is 4.79 Å². The summed E-state index contributed by atoms with van der Waals surface area (Å²) >= 11 is 0. The summed E-state index contributed by atoms with van der Waals surface area (Å²) in [5.41, 5.74) is 2.25. The first-order valence-corrected chi connectivity index (χ1v) is 10.1. The van der Waals surface area contributed by atoms with Gasteiger partial charge in [0, 0.05) is 23.0 Å². The van der Waals surface area contributed by atoms with Gasteiger partial charge in [-0.05, 0) is 43.2 Å². The van der Waals surface area contributed by atoms with E-state index in [4.69, 9.17) is 14.0 Å². The van der Waals surface area contributed by atoms with Crippen LogP contribution in [0.15, 0.2) is 53.1 Å². The molecular formula is C23H22N4O4. The Morgan fingerprint density at radius 1 is 1.13 bits per heavy atom. The normalized spacial score (nSPS) is 16.1. The number of para-hydroxylation sites is 1. The van der Waals surface area contributed by atoms with Crippen molar-refractivity contribution in [3.05, 3.63) is 60.1 Å². The molecule has 8 nitrogen and oxygen atoms in total. The standard InChI is InChI=1S/C23H22N4O4/c1-29-19-10-9-15(13-20(19)30-2)21-25-22(31-26-21)18-8-5-11-27(18)23(28)17-12-14-6-3-4-7-16(14)24-17/h3-4,6-7,9-10,12-13,18,24H,5,8,11H2,1-2H3/t18-/m0/s1. The van der Waals surface area contributed by atoms with E-state index in [1.165, 1.54) is 0 Å². The van der Waals surface area contributed by atoms with Crippen LogP contribution in [0.3, 0.4) is 0 Å². The number of benzene rings is 2. The number of aromatic amines is 1. The second-order valence-electron chi connectivity index (χ2n) is 7.45. The average molecular weight is 418 g/mol. The van der Waals surface area contributed by atoms with Crippen LogP contribution in [0.4, 0.5) is 0 Å². The molecule has 0 unspecified atom stereocenters. The molecule has 0 aliphatic carbocycles. The molecule has 1 saturated heterocycles. The Labute approximate surface area is 178 Å². The monoisotopic (exact) mass is 418 g/mol. The van der Waals surface area contributed by atoms with Crippen molar-refractivity contribution in [1.82, 2.24) is 20.0 Å². The molecule has 5 rings (SSSR count). The summed E-state index contributed by atoms with van der Waals surface area (Å²) in [6.07, 6.45) is 1.66. The Balaban J connectivity index is 1.41. The van der Waals surface area contributed by atoms with Gasteiger partial charge in [-0.1, -0.05) is 23.4 Å². The van der Waals surface area contributed by atoms with E-state index in [0.29, 0.717) is 35.5 Å². The average Bonchev–Trinajstić information content (AvgIpc) is 3.56. The van der Waals surface area contributed by atoms with Crippen LogP contribution in [0.1, 0.15) is 35.3 Å². The smallest absolute Gasteiger partial charge is 0.270 e. The van der Waals surface area contributed by atoms with Crippen molar-refractivity contribution in [3.8, 4) is 22.9 Å². The zero-order valence-electron chi connectivity index (χ0n) is 17.3. The van der Waals surface area contributed by atoms with E-state index in [1.807, 2.05) is 36.4 Å². The number of nitrogens with zero attached hydrogens (tertiary/aromatic N) is 3. The number of amides is 1. The van der Waals surface area contributed by atoms with Gasteiger partial charge in [-0.25, -0.2) is 0 Å². The Kier molecular flexibility index (Phi) is 4.82. The number of likely N-dealkylation sites (tertiary alicyclic amines) is 1. The third kappa shape index (κ3) is 3.39. The second kappa shape index (κ2) is 7.79. The van der Waals surface area contributed by atoms with Crippen LogP contribution in [0, 0.1) is 0 Å². The molecule has 1 aliphatic heterocycles. The van der Waals surface area contributed by atoms with E-state index < -0.39 is 0 Å². The van der Waals surface area contributed by atoms with Gasteiger partial charge in [-0.15, -0.1) is 0 Å². The molecule has 0 spiro atoms. The van der Waals surface area contributed by atoms with E-state index in [0.717, 1.165) is 29.3 Å². The van der Waals surface area contributed by atoms with E-state index in [2.05, 4.69) is 15.1 Å². The molecule has 2 aromatic carbocycles. The van der Waals surface area contributed by atoms with Crippen molar-refractivity contribution in [2.45, 2.75) is 18.9 Å². The molecule has 1 aliphatic rings. The highest BCUT2D eigenvalue weighted by Crippen LogP contribution is 2.35. The number of fused-ring (bicyclic) bond motifs is 1. The molecule has 0 bridgehead atoms. The SMILES string of the molecule is COc1ccc(-c2noc([C@@H]3CCCN3C(=O)c3cc4ccccc4[nH]3)n2)cc1OC. The maximum absolute atomic E-state index is 13.2. The van der Waals surface area contributed by atoms with Gasteiger partial charge in [0.15, 0.2) is 11.5 Å². The molecule has 1 amide bonds. The number of methoxy groups -OCH3 is 2. The number of carbonyl (C=O) groups is 1.